The van der Waals surface area contributed by atoms with Gasteiger partial charge in [-0.25, -0.2) is 8.78 Å². The van der Waals surface area contributed by atoms with E-state index in [-0.39, 0.29) is 5.41 Å². The second-order valence-electron chi connectivity index (χ2n) is 9.86. The van der Waals surface area contributed by atoms with Gasteiger partial charge in [0.05, 0.1) is 24.2 Å². The van der Waals surface area contributed by atoms with Crippen LogP contribution < -0.4 is 15.4 Å². The second kappa shape index (κ2) is 7.41. The highest BCUT2D eigenvalue weighted by Gasteiger charge is 2.49. The Bertz CT molecular complexity index is 946. The number of para-hydroxylation sites is 2. The number of hydrogen-bond donors (Lipinski definition) is 1. The summed E-state index contributed by atoms with van der Waals surface area (Å²) in [7, 11) is 1.50. The maximum atomic E-state index is 15.3. The molecule has 0 aliphatic carbocycles. The summed E-state index contributed by atoms with van der Waals surface area (Å²) in [6, 6.07) is 8.69. The van der Waals surface area contributed by atoms with E-state index in [0.29, 0.717) is 29.2 Å². The number of anilines is 3. The highest BCUT2D eigenvalue weighted by Crippen LogP contribution is 2.55. The summed E-state index contributed by atoms with van der Waals surface area (Å²) in [6.45, 7) is 9.93. The van der Waals surface area contributed by atoms with Crippen LogP contribution in [0.4, 0.5) is 25.8 Å². The minimum absolute atomic E-state index is 0.198. The fraction of sp³-hybridized carbons (Fsp3) is 0.500. The standard InChI is InChI=1S/C24H31F2N3O/c1-23(2,3)14-28-11-9-24(10-12-28)15-29(18-8-6-5-7-17(18)27)22-19(30-4)13-16(25)21(26)20(22)24/h5-8,13H,9-12,14-15,27H2,1-4H3. The molecule has 162 valence electrons. The van der Waals surface area contributed by atoms with Gasteiger partial charge in [0.1, 0.15) is 5.75 Å². The molecule has 2 aromatic carbocycles. The third-order valence-electron chi connectivity index (χ3n) is 6.38. The highest BCUT2D eigenvalue weighted by atomic mass is 19.2. The first-order valence-corrected chi connectivity index (χ1v) is 10.6. The number of methoxy groups -OCH3 is 1. The number of hydrogen-bond acceptors (Lipinski definition) is 4. The molecule has 0 amide bonds. The Morgan fingerprint density at radius 2 is 1.80 bits per heavy atom. The lowest BCUT2D eigenvalue weighted by Crippen LogP contribution is -2.47. The second-order valence-corrected chi connectivity index (χ2v) is 9.86. The van der Waals surface area contributed by atoms with Gasteiger partial charge in [0.25, 0.3) is 0 Å². The summed E-state index contributed by atoms with van der Waals surface area (Å²) < 4.78 is 35.4. The van der Waals surface area contributed by atoms with Gasteiger partial charge in [-0.1, -0.05) is 32.9 Å². The Hall–Kier alpha value is -2.34. The van der Waals surface area contributed by atoms with Crippen LogP contribution in [0.15, 0.2) is 30.3 Å². The monoisotopic (exact) mass is 415 g/mol. The van der Waals surface area contributed by atoms with Crippen molar-refractivity contribution in [2.75, 3.05) is 43.9 Å². The number of ether oxygens (including phenoxy) is 1. The molecule has 1 saturated heterocycles. The number of benzene rings is 2. The van der Waals surface area contributed by atoms with E-state index in [2.05, 4.69) is 25.7 Å². The number of fused-ring (bicyclic) bond motifs is 2. The van der Waals surface area contributed by atoms with Crippen molar-refractivity contribution in [2.45, 2.75) is 39.0 Å². The Morgan fingerprint density at radius 1 is 1.13 bits per heavy atom. The lowest BCUT2D eigenvalue weighted by atomic mass is 9.73. The summed E-state index contributed by atoms with van der Waals surface area (Å²) in [4.78, 5) is 4.45. The van der Waals surface area contributed by atoms with Crippen molar-refractivity contribution < 1.29 is 13.5 Å². The maximum absolute atomic E-state index is 15.3. The molecule has 6 heteroatoms. The predicted molar refractivity (Wildman–Crippen MR) is 118 cm³/mol. The largest absolute Gasteiger partial charge is 0.494 e. The van der Waals surface area contributed by atoms with E-state index in [1.165, 1.54) is 7.11 Å². The molecule has 0 unspecified atom stereocenters. The third kappa shape index (κ3) is 3.51. The van der Waals surface area contributed by atoms with Crippen molar-refractivity contribution in [2.24, 2.45) is 5.41 Å². The molecular formula is C24H31F2N3O. The lowest BCUT2D eigenvalue weighted by Gasteiger charge is -2.42. The first-order chi connectivity index (χ1) is 14.1. The lowest BCUT2D eigenvalue weighted by molar-refractivity contribution is 0.124. The van der Waals surface area contributed by atoms with Crippen LogP contribution in [-0.4, -0.2) is 38.2 Å². The highest BCUT2D eigenvalue weighted by molar-refractivity contribution is 5.83. The number of likely N-dealkylation sites (tertiary alicyclic amines) is 1. The summed E-state index contributed by atoms with van der Waals surface area (Å²) in [5.74, 6) is -1.27. The fourth-order valence-corrected chi connectivity index (χ4v) is 5.12. The van der Waals surface area contributed by atoms with Crippen LogP contribution in [0.5, 0.6) is 5.75 Å². The summed E-state index contributed by atoms with van der Waals surface area (Å²) >= 11 is 0. The zero-order chi connectivity index (χ0) is 21.7. The quantitative estimate of drug-likeness (QED) is 0.710. The van der Waals surface area contributed by atoms with Crippen LogP contribution >= 0.6 is 0 Å². The zero-order valence-corrected chi connectivity index (χ0v) is 18.3. The van der Waals surface area contributed by atoms with Crippen molar-refractivity contribution in [1.82, 2.24) is 4.90 Å². The predicted octanol–water partition coefficient (Wildman–Crippen LogP) is 5.09. The third-order valence-corrected chi connectivity index (χ3v) is 6.38. The molecule has 2 N–H and O–H groups in total. The van der Waals surface area contributed by atoms with Gasteiger partial charge < -0.3 is 20.3 Å². The van der Waals surface area contributed by atoms with Gasteiger partial charge in [-0.05, 0) is 43.5 Å². The van der Waals surface area contributed by atoms with Crippen LogP contribution in [-0.2, 0) is 5.41 Å². The Morgan fingerprint density at radius 3 is 2.40 bits per heavy atom. The summed E-state index contributed by atoms with van der Waals surface area (Å²) in [5, 5.41) is 0. The average molecular weight is 416 g/mol. The van der Waals surface area contributed by atoms with Gasteiger partial charge in [-0.3, -0.25) is 0 Å². The van der Waals surface area contributed by atoms with E-state index in [0.717, 1.165) is 44.2 Å². The molecule has 1 fully saturated rings. The zero-order valence-electron chi connectivity index (χ0n) is 18.3. The van der Waals surface area contributed by atoms with Crippen LogP contribution in [0.1, 0.15) is 39.2 Å². The van der Waals surface area contributed by atoms with Crippen molar-refractivity contribution in [1.29, 1.82) is 0 Å². The molecule has 30 heavy (non-hydrogen) atoms. The number of rotatable bonds is 3. The van der Waals surface area contributed by atoms with Crippen LogP contribution in [0.3, 0.4) is 0 Å². The normalized spacial score (nSPS) is 18.7. The minimum Gasteiger partial charge on any atom is -0.494 e. The van der Waals surface area contributed by atoms with Gasteiger partial charge in [0, 0.05) is 30.1 Å². The molecule has 2 aliphatic rings. The summed E-state index contributed by atoms with van der Waals surface area (Å²) in [5.41, 5.74) is 8.46. The number of nitrogen functional groups attached to an aromatic ring is 1. The molecule has 2 aliphatic heterocycles. The van der Waals surface area contributed by atoms with Gasteiger partial charge >= 0.3 is 0 Å². The first kappa shape index (κ1) is 20.9. The van der Waals surface area contributed by atoms with Crippen LogP contribution in [0, 0.1) is 17.0 Å². The van der Waals surface area contributed by atoms with Crippen LogP contribution in [0.2, 0.25) is 0 Å². The minimum atomic E-state index is -0.857. The molecule has 1 spiro atoms. The van der Waals surface area contributed by atoms with E-state index < -0.39 is 17.0 Å². The van der Waals surface area contributed by atoms with E-state index in [1.54, 1.807) is 0 Å². The van der Waals surface area contributed by atoms with Crippen molar-refractivity contribution in [3.05, 3.63) is 47.5 Å². The molecule has 0 aromatic heterocycles. The molecule has 4 nitrogen and oxygen atoms in total. The van der Waals surface area contributed by atoms with E-state index in [4.69, 9.17) is 10.5 Å². The molecule has 4 rings (SSSR count). The molecule has 0 atom stereocenters. The average Bonchev–Trinajstić information content (AvgIpc) is 3.01. The van der Waals surface area contributed by atoms with Gasteiger partial charge in [-0.15, -0.1) is 0 Å². The number of piperidine rings is 1. The van der Waals surface area contributed by atoms with Crippen LogP contribution in [0.25, 0.3) is 0 Å². The maximum Gasteiger partial charge on any atom is 0.165 e. The topological polar surface area (TPSA) is 41.7 Å². The van der Waals surface area contributed by atoms with Crippen molar-refractivity contribution in [3.8, 4) is 5.75 Å². The van der Waals surface area contributed by atoms with Gasteiger partial charge in [0.15, 0.2) is 11.6 Å². The van der Waals surface area contributed by atoms with E-state index in [9.17, 15) is 4.39 Å². The van der Waals surface area contributed by atoms with Crippen molar-refractivity contribution in [3.63, 3.8) is 0 Å². The number of halogens is 2. The Balaban J connectivity index is 1.79. The summed E-state index contributed by atoms with van der Waals surface area (Å²) in [6.07, 6.45) is 1.53. The smallest absolute Gasteiger partial charge is 0.165 e. The first-order valence-electron chi connectivity index (χ1n) is 10.6. The van der Waals surface area contributed by atoms with E-state index >= 15 is 4.39 Å². The Kier molecular flexibility index (Phi) is 5.17. The fourth-order valence-electron chi connectivity index (χ4n) is 5.12. The van der Waals surface area contributed by atoms with Gasteiger partial charge in [-0.2, -0.15) is 0 Å². The molecule has 2 aromatic rings. The number of nitrogens with zero attached hydrogens (tertiary/aromatic N) is 2. The molecule has 2 heterocycles. The molecule has 0 radical (unpaired) electrons. The molecular weight excluding hydrogens is 384 g/mol. The van der Waals surface area contributed by atoms with Crippen molar-refractivity contribution >= 4 is 17.1 Å². The Labute approximate surface area is 177 Å². The number of nitrogens with two attached hydrogens (primary N) is 1. The van der Waals surface area contributed by atoms with Gasteiger partial charge in [0.2, 0.25) is 0 Å². The molecule has 0 saturated carbocycles. The SMILES string of the molecule is COc1cc(F)c(F)c2c1N(c1ccccc1N)CC21CCN(CC(C)(C)C)CC1. The molecule has 0 bridgehead atoms. The van der Waals surface area contributed by atoms with E-state index in [1.807, 2.05) is 29.2 Å².